The standard InChI is InChI=1S/C21H16F2N4O2/c1-11(16-4-2-12(9-24)10-25-16)26-20(29)21(6-7-21)14-8-13-17(27-19(14)28)5-3-15(22)18(13)23/h2-5,8,10-11H,6-7H2,1H3,(H,26,29)(H,27,28)/t11-/m0/s1. The van der Waals surface area contributed by atoms with Crippen LogP contribution in [-0.4, -0.2) is 15.9 Å². The van der Waals surface area contributed by atoms with Crippen molar-refractivity contribution in [3.63, 3.8) is 0 Å². The van der Waals surface area contributed by atoms with Crippen LogP contribution < -0.4 is 10.9 Å². The molecule has 1 aliphatic carbocycles. The van der Waals surface area contributed by atoms with Crippen LogP contribution in [-0.2, 0) is 10.2 Å². The van der Waals surface area contributed by atoms with Crippen molar-refractivity contribution < 1.29 is 13.6 Å². The monoisotopic (exact) mass is 394 g/mol. The molecule has 2 aromatic heterocycles. The van der Waals surface area contributed by atoms with E-state index in [2.05, 4.69) is 15.3 Å². The predicted molar refractivity (Wildman–Crippen MR) is 101 cm³/mol. The number of aromatic amines is 1. The number of nitrogens with zero attached hydrogens (tertiary/aromatic N) is 2. The normalized spacial score (nSPS) is 15.5. The van der Waals surface area contributed by atoms with Crippen LogP contribution in [0, 0.1) is 23.0 Å². The minimum atomic E-state index is -1.08. The molecular formula is C21H16F2N4O2. The molecule has 1 saturated carbocycles. The maximum absolute atomic E-state index is 14.2. The van der Waals surface area contributed by atoms with Gasteiger partial charge >= 0.3 is 0 Å². The highest BCUT2D eigenvalue weighted by Gasteiger charge is 2.53. The summed E-state index contributed by atoms with van der Waals surface area (Å²) in [5, 5.41) is 11.6. The summed E-state index contributed by atoms with van der Waals surface area (Å²) >= 11 is 0. The van der Waals surface area contributed by atoms with Gasteiger partial charge in [-0.05, 0) is 50.1 Å². The van der Waals surface area contributed by atoms with Crippen LogP contribution in [0.1, 0.15) is 42.6 Å². The molecular weight excluding hydrogens is 378 g/mol. The SMILES string of the molecule is C[C@H](NC(=O)C1(c2cc3c(F)c(F)ccc3[nH]c2=O)CC1)c1ccc(C#N)cn1. The van der Waals surface area contributed by atoms with Gasteiger partial charge in [-0.25, -0.2) is 8.78 Å². The fraction of sp³-hybridized carbons (Fsp3) is 0.238. The third-order valence-electron chi connectivity index (χ3n) is 5.32. The molecule has 1 atom stereocenters. The Morgan fingerprint density at radius 3 is 2.69 bits per heavy atom. The van der Waals surface area contributed by atoms with E-state index in [-0.39, 0.29) is 22.4 Å². The zero-order valence-electron chi connectivity index (χ0n) is 15.4. The molecule has 0 radical (unpaired) electrons. The van der Waals surface area contributed by atoms with Crippen LogP contribution in [0.15, 0.2) is 41.3 Å². The molecule has 0 spiro atoms. The van der Waals surface area contributed by atoms with E-state index in [4.69, 9.17) is 5.26 Å². The first-order valence-electron chi connectivity index (χ1n) is 9.04. The Morgan fingerprint density at radius 2 is 2.07 bits per heavy atom. The van der Waals surface area contributed by atoms with Crippen LogP contribution in [0.2, 0.25) is 0 Å². The average Bonchev–Trinajstić information content (AvgIpc) is 3.52. The van der Waals surface area contributed by atoms with Crippen molar-refractivity contribution in [3.8, 4) is 6.07 Å². The zero-order chi connectivity index (χ0) is 20.8. The highest BCUT2D eigenvalue weighted by atomic mass is 19.2. The summed E-state index contributed by atoms with van der Waals surface area (Å²) in [6, 6.07) is 8.26. The van der Waals surface area contributed by atoms with E-state index in [1.807, 2.05) is 6.07 Å². The van der Waals surface area contributed by atoms with E-state index in [0.29, 0.717) is 24.1 Å². The van der Waals surface area contributed by atoms with E-state index in [0.717, 1.165) is 6.07 Å². The summed E-state index contributed by atoms with van der Waals surface area (Å²) in [6.07, 6.45) is 2.27. The number of fused-ring (bicyclic) bond motifs is 1. The lowest BCUT2D eigenvalue weighted by atomic mass is 9.94. The number of hydrogen-bond acceptors (Lipinski definition) is 4. The Balaban J connectivity index is 1.65. The second-order valence-electron chi connectivity index (χ2n) is 7.20. The fourth-order valence-electron chi connectivity index (χ4n) is 3.45. The molecule has 3 aromatic rings. The number of aromatic nitrogens is 2. The molecule has 6 nitrogen and oxygen atoms in total. The molecule has 1 aliphatic rings. The molecule has 0 unspecified atom stereocenters. The Kier molecular flexibility index (Phi) is 4.38. The molecule has 1 fully saturated rings. The molecule has 1 aromatic carbocycles. The molecule has 2 N–H and O–H groups in total. The number of benzene rings is 1. The molecule has 146 valence electrons. The molecule has 8 heteroatoms. The van der Waals surface area contributed by atoms with Gasteiger partial charge in [0.2, 0.25) is 5.91 Å². The van der Waals surface area contributed by atoms with Gasteiger partial charge in [0.25, 0.3) is 5.56 Å². The average molecular weight is 394 g/mol. The number of hydrogen-bond donors (Lipinski definition) is 2. The molecule has 4 rings (SSSR count). The Morgan fingerprint density at radius 1 is 1.31 bits per heavy atom. The van der Waals surface area contributed by atoms with E-state index in [1.54, 1.807) is 19.1 Å². The van der Waals surface area contributed by atoms with Crippen molar-refractivity contribution in [3.05, 3.63) is 75.3 Å². The van der Waals surface area contributed by atoms with Crippen molar-refractivity contribution >= 4 is 16.8 Å². The van der Waals surface area contributed by atoms with E-state index >= 15 is 0 Å². The van der Waals surface area contributed by atoms with Crippen molar-refractivity contribution in [2.45, 2.75) is 31.2 Å². The van der Waals surface area contributed by atoms with Gasteiger partial charge in [-0.2, -0.15) is 5.26 Å². The number of carbonyl (C=O) groups excluding carboxylic acids is 1. The second-order valence-corrected chi connectivity index (χ2v) is 7.20. The van der Waals surface area contributed by atoms with Gasteiger partial charge in [-0.15, -0.1) is 0 Å². The quantitative estimate of drug-likeness (QED) is 0.711. The van der Waals surface area contributed by atoms with Crippen molar-refractivity contribution in [1.29, 1.82) is 5.26 Å². The fourth-order valence-corrected chi connectivity index (χ4v) is 3.45. The van der Waals surface area contributed by atoms with Crippen molar-refractivity contribution in [2.24, 2.45) is 0 Å². The number of halogens is 2. The summed E-state index contributed by atoms with van der Waals surface area (Å²) in [6.45, 7) is 1.74. The first kappa shape index (κ1) is 18.7. The van der Waals surface area contributed by atoms with Gasteiger partial charge in [0.15, 0.2) is 11.6 Å². The first-order chi connectivity index (χ1) is 13.9. The van der Waals surface area contributed by atoms with E-state index in [9.17, 15) is 18.4 Å². The van der Waals surface area contributed by atoms with E-state index in [1.165, 1.54) is 18.3 Å². The number of nitrogens with one attached hydrogen (secondary N) is 2. The van der Waals surface area contributed by atoms with Crippen LogP contribution in [0.5, 0.6) is 0 Å². The topological polar surface area (TPSA) is 98.6 Å². The number of pyridine rings is 2. The largest absolute Gasteiger partial charge is 0.347 e. The summed E-state index contributed by atoms with van der Waals surface area (Å²) in [4.78, 5) is 32.2. The van der Waals surface area contributed by atoms with Crippen LogP contribution in [0.4, 0.5) is 8.78 Å². The summed E-state index contributed by atoms with van der Waals surface area (Å²) in [7, 11) is 0. The Labute approximate surface area is 164 Å². The second kappa shape index (κ2) is 6.78. The lowest BCUT2D eigenvalue weighted by Gasteiger charge is -2.19. The smallest absolute Gasteiger partial charge is 0.252 e. The third-order valence-corrected chi connectivity index (χ3v) is 5.32. The maximum Gasteiger partial charge on any atom is 0.252 e. The van der Waals surface area contributed by atoms with Crippen LogP contribution in [0.25, 0.3) is 10.9 Å². The van der Waals surface area contributed by atoms with Gasteiger partial charge in [0, 0.05) is 17.1 Å². The maximum atomic E-state index is 14.2. The summed E-state index contributed by atoms with van der Waals surface area (Å²) < 4.78 is 27.8. The lowest BCUT2D eigenvalue weighted by molar-refractivity contribution is -0.124. The molecule has 0 aliphatic heterocycles. The summed E-state index contributed by atoms with van der Waals surface area (Å²) in [5.74, 6) is -2.46. The molecule has 0 saturated heterocycles. The third kappa shape index (κ3) is 3.14. The predicted octanol–water partition coefficient (Wildman–Crippen LogP) is 2.98. The minimum Gasteiger partial charge on any atom is -0.347 e. The number of H-pyrrole nitrogens is 1. The molecule has 29 heavy (non-hydrogen) atoms. The summed E-state index contributed by atoms with van der Waals surface area (Å²) in [5.41, 5.74) is -0.325. The van der Waals surface area contributed by atoms with Gasteiger partial charge in [-0.1, -0.05) is 0 Å². The number of carbonyl (C=O) groups is 1. The van der Waals surface area contributed by atoms with Gasteiger partial charge in [0.1, 0.15) is 6.07 Å². The van der Waals surface area contributed by atoms with E-state index < -0.39 is 28.7 Å². The van der Waals surface area contributed by atoms with Gasteiger partial charge in [0.05, 0.1) is 28.2 Å². The highest BCUT2D eigenvalue weighted by molar-refractivity contribution is 5.93. The number of amides is 1. The van der Waals surface area contributed by atoms with Gasteiger partial charge < -0.3 is 10.3 Å². The van der Waals surface area contributed by atoms with Crippen LogP contribution >= 0.6 is 0 Å². The number of rotatable bonds is 4. The Bertz CT molecular complexity index is 1220. The van der Waals surface area contributed by atoms with Gasteiger partial charge in [-0.3, -0.25) is 14.6 Å². The molecule has 1 amide bonds. The van der Waals surface area contributed by atoms with Crippen molar-refractivity contribution in [1.82, 2.24) is 15.3 Å². The Hall–Kier alpha value is -3.60. The first-order valence-corrected chi connectivity index (χ1v) is 9.04. The van der Waals surface area contributed by atoms with Crippen LogP contribution in [0.3, 0.4) is 0 Å². The lowest BCUT2D eigenvalue weighted by Crippen LogP contribution is -2.39. The van der Waals surface area contributed by atoms with Crippen molar-refractivity contribution in [2.75, 3.05) is 0 Å². The molecule has 0 bridgehead atoms. The zero-order valence-corrected chi connectivity index (χ0v) is 15.4. The number of nitriles is 1. The highest BCUT2D eigenvalue weighted by Crippen LogP contribution is 2.48. The molecule has 2 heterocycles. The minimum absolute atomic E-state index is 0.0690.